The molecule has 2 aromatic carbocycles. The summed E-state index contributed by atoms with van der Waals surface area (Å²) < 4.78 is 34.3. The van der Waals surface area contributed by atoms with Crippen molar-refractivity contribution in [2.24, 2.45) is 0 Å². The summed E-state index contributed by atoms with van der Waals surface area (Å²) in [6.45, 7) is 1.96. The molecule has 1 fully saturated rings. The van der Waals surface area contributed by atoms with Crippen LogP contribution in [-0.4, -0.2) is 28.9 Å². The molecule has 2 heterocycles. The van der Waals surface area contributed by atoms with E-state index in [4.69, 9.17) is 0 Å². The Bertz CT molecular complexity index is 1490. The second-order valence-corrected chi connectivity index (χ2v) is 10.9. The second kappa shape index (κ2) is 8.66. The van der Waals surface area contributed by atoms with Gasteiger partial charge in [0.15, 0.2) is 0 Å². The number of aromatic nitrogens is 2. The lowest BCUT2D eigenvalue weighted by atomic mass is 10.0. The molecule has 0 spiro atoms. The third kappa shape index (κ3) is 4.32. The molecule has 0 bridgehead atoms. The van der Waals surface area contributed by atoms with Crippen molar-refractivity contribution in [3.8, 4) is 22.3 Å². The minimum atomic E-state index is -4.08. The van der Waals surface area contributed by atoms with Gasteiger partial charge in [-0.3, -0.25) is 9.71 Å². The number of rotatable bonds is 7. The fraction of sp³-hybridized carbons (Fsp3) is 0.160. The predicted molar refractivity (Wildman–Crippen MR) is 132 cm³/mol. The molecule has 0 atom stereocenters. The molecule has 9 heteroatoms. The molecule has 34 heavy (non-hydrogen) atoms. The molecule has 7 nitrogen and oxygen atoms in total. The Balaban J connectivity index is 1.64. The first-order chi connectivity index (χ1) is 16.3. The normalized spacial score (nSPS) is 13.6. The van der Waals surface area contributed by atoms with Gasteiger partial charge in [0.05, 0.1) is 16.1 Å². The highest BCUT2D eigenvalue weighted by Crippen LogP contribution is 2.44. The first kappa shape index (κ1) is 22.2. The molecule has 4 aromatic rings. The Morgan fingerprint density at radius 3 is 2.53 bits per heavy atom. The van der Waals surface area contributed by atoms with Crippen LogP contribution in [0.2, 0.25) is 0 Å². The van der Waals surface area contributed by atoms with E-state index < -0.39 is 16.0 Å². The Hall–Kier alpha value is -3.56. The van der Waals surface area contributed by atoms with E-state index in [1.54, 1.807) is 36.8 Å². The highest BCUT2D eigenvalue weighted by Gasteiger charge is 2.31. The van der Waals surface area contributed by atoms with Gasteiger partial charge in [-0.25, -0.2) is 17.6 Å². The third-order valence-electron chi connectivity index (χ3n) is 5.87. The predicted octanol–water partition coefficient (Wildman–Crippen LogP) is 5.56. The van der Waals surface area contributed by atoms with Crippen LogP contribution in [0.5, 0.6) is 0 Å². The summed E-state index contributed by atoms with van der Waals surface area (Å²) in [5.74, 6) is -1.05. The van der Waals surface area contributed by atoms with E-state index in [0.29, 0.717) is 16.8 Å². The Kier molecular flexibility index (Phi) is 5.66. The maximum absolute atomic E-state index is 13.6. The van der Waals surface area contributed by atoms with Crippen molar-refractivity contribution >= 4 is 33.2 Å². The molecule has 2 aromatic heterocycles. The summed E-state index contributed by atoms with van der Waals surface area (Å²) >= 11 is 1.38. The largest absolute Gasteiger partial charge is 0.478 e. The van der Waals surface area contributed by atoms with Crippen molar-refractivity contribution in [1.82, 2.24) is 9.36 Å². The second-order valence-electron chi connectivity index (χ2n) is 8.24. The smallest absolute Gasteiger partial charge is 0.335 e. The lowest BCUT2D eigenvalue weighted by molar-refractivity contribution is 0.0696. The molecule has 0 saturated heterocycles. The van der Waals surface area contributed by atoms with Crippen molar-refractivity contribution in [2.45, 2.75) is 30.6 Å². The summed E-state index contributed by atoms with van der Waals surface area (Å²) in [6, 6.07) is 13.5. The SMILES string of the molecule is Cc1sncc1-c1ccc(-c2cccnc2)c(NS(=O)(=O)c2cc(C(=O)O)ccc2C2CC2)c1. The molecule has 0 aliphatic heterocycles. The van der Waals surface area contributed by atoms with Crippen LogP contribution in [0.1, 0.15) is 39.6 Å². The number of pyridine rings is 1. The van der Waals surface area contributed by atoms with Crippen LogP contribution in [0.25, 0.3) is 22.3 Å². The van der Waals surface area contributed by atoms with E-state index >= 15 is 0 Å². The average Bonchev–Trinajstić information content (AvgIpc) is 3.59. The number of anilines is 1. The zero-order valence-corrected chi connectivity index (χ0v) is 19.9. The van der Waals surface area contributed by atoms with Gasteiger partial charge in [0.2, 0.25) is 0 Å². The van der Waals surface area contributed by atoms with Crippen LogP contribution in [0, 0.1) is 6.92 Å². The number of carboxylic acids is 1. The zero-order valence-electron chi connectivity index (χ0n) is 18.2. The Labute approximate surface area is 201 Å². The topological polar surface area (TPSA) is 109 Å². The summed E-state index contributed by atoms with van der Waals surface area (Å²) in [4.78, 5) is 16.8. The van der Waals surface area contributed by atoms with Gasteiger partial charge in [-0.1, -0.05) is 24.3 Å². The number of hydrogen-bond acceptors (Lipinski definition) is 6. The van der Waals surface area contributed by atoms with E-state index in [1.807, 2.05) is 25.1 Å². The summed E-state index contributed by atoms with van der Waals surface area (Å²) in [5, 5.41) is 9.44. The highest BCUT2D eigenvalue weighted by molar-refractivity contribution is 7.92. The number of hydrogen-bond donors (Lipinski definition) is 2. The van der Waals surface area contributed by atoms with E-state index in [9.17, 15) is 18.3 Å². The molecule has 1 aliphatic rings. The van der Waals surface area contributed by atoms with Crippen LogP contribution in [0.4, 0.5) is 5.69 Å². The lowest BCUT2D eigenvalue weighted by Crippen LogP contribution is -2.16. The number of nitrogens with one attached hydrogen (secondary N) is 1. The number of aromatic carboxylic acids is 1. The van der Waals surface area contributed by atoms with Gasteiger partial charge >= 0.3 is 5.97 Å². The van der Waals surface area contributed by atoms with Crippen molar-refractivity contribution < 1.29 is 18.3 Å². The van der Waals surface area contributed by atoms with Gasteiger partial charge < -0.3 is 5.11 Å². The van der Waals surface area contributed by atoms with Gasteiger partial charge in [0.1, 0.15) is 0 Å². The van der Waals surface area contributed by atoms with Crippen LogP contribution in [0.15, 0.2) is 72.0 Å². The van der Waals surface area contributed by atoms with Crippen LogP contribution in [0.3, 0.4) is 0 Å². The van der Waals surface area contributed by atoms with Crippen LogP contribution in [-0.2, 0) is 10.0 Å². The summed E-state index contributed by atoms with van der Waals surface area (Å²) in [6.07, 6.45) is 6.86. The third-order valence-corrected chi connectivity index (χ3v) is 7.99. The molecular formula is C25H21N3O4S2. The maximum atomic E-state index is 13.6. The number of sulfonamides is 1. The summed E-state index contributed by atoms with van der Waals surface area (Å²) in [7, 11) is -4.08. The minimum Gasteiger partial charge on any atom is -0.478 e. The van der Waals surface area contributed by atoms with E-state index in [1.165, 1.54) is 23.7 Å². The maximum Gasteiger partial charge on any atom is 0.335 e. The van der Waals surface area contributed by atoms with E-state index in [2.05, 4.69) is 14.1 Å². The molecule has 2 N–H and O–H groups in total. The van der Waals surface area contributed by atoms with Crippen molar-refractivity contribution in [3.63, 3.8) is 0 Å². The zero-order chi connectivity index (χ0) is 23.9. The fourth-order valence-corrected chi connectivity index (χ4v) is 5.96. The number of carbonyl (C=O) groups is 1. The molecule has 172 valence electrons. The van der Waals surface area contributed by atoms with Crippen LogP contribution < -0.4 is 4.72 Å². The van der Waals surface area contributed by atoms with Crippen molar-refractivity contribution in [2.75, 3.05) is 4.72 Å². The van der Waals surface area contributed by atoms with Gasteiger partial charge in [0.25, 0.3) is 10.0 Å². The molecular weight excluding hydrogens is 470 g/mol. The standard InChI is InChI=1S/C25H21N3O4S2/c1-15-22(14-27-33-15)17-6-8-20(19-3-2-10-26-13-19)23(11-17)28-34(31,32)24-12-18(25(29)30)7-9-21(24)16-4-5-16/h2-3,6-14,16,28H,4-5H2,1H3,(H,29,30). The minimum absolute atomic E-state index is 0.00539. The van der Waals surface area contributed by atoms with Gasteiger partial charge in [-0.15, -0.1) is 0 Å². The fourth-order valence-electron chi connectivity index (χ4n) is 3.98. The van der Waals surface area contributed by atoms with Gasteiger partial charge in [-0.2, -0.15) is 0 Å². The molecule has 0 unspecified atom stereocenters. The molecule has 5 rings (SSSR count). The first-order valence-electron chi connectivity index (χ1n) is 10.7. The number of aryl methyl sites for hydroxylation is 1. The van der Waals surface area contributed by atoms with Gasteiger partial charge in [0, 0.05) is 40.2 Å². The summed E-state index contributed by atoms with van der Waals surface area (Å²) in [5.41, 5.74) is 4.16. The van der Waals surface area contributed by atoms with Gasteiger partial charge in [-0.05, 0) is 72.6 Å². The van der Waals surface area contributed by atoms with E-state index in [-0.39, 0.29) is 16.4 Å². The first-order valence-corrected chi connectivity index (χ1v) is 13.0. The quantitative estimate of drug-likeness (QED) is 0.350. The number of carboxylic acid groups (broad SMARTS) is 1. The van der Waals surface area contributed by atoms with Crippen molar-refractivity contribution in [3.05, 3.63) is 83.1 Å². The monoisotopic (exact) mass is 491 g/mol. The average molecular weight is 492 g/mol. The van der Waals surface area contributed by atoms with E-state index in [0.717, 1.165) is 34.4 Å². The van der Waals surface area contributed by atoms with Crippen LogP contribution >= 0.6 is 11.5 Å². The molecule has 1 saturated carbocycles. The Morgan fingerprint density at radius 2 is 1.88 bits per heavy atom. The Morgan fingerprint density at radius 1 is 1.06 bits per heavy atom. The van der Waals surface area contributed by atoms with Crippen molar-refractivity contribution in [1.29, 1.82) is 0 Å². The molecule has 0 amide bonds. The molecule has 1 aliphatic carbocycles. The number of benzene rings is 2. The lowest BCUT2D eigenvalue weighted by Gasteiger charge is -2.17. The number of nitrogens with zero attached hydrogens (tertiary/aromatic N) is 2. The highest BCUT2D eigenvalue weighted by atomic mass is 32.2. The molecule has 0 radical (unpaired) electrons.